The molecule has 0 spiro atoms. The van der Waals surface area contributed by atoms with Crippen LogP contribution in [0.4, 0.5) is 27.8 Å². The molecule has 0 saturated heterocycles. The number of nitrogen functional groups attached to an aromatic ring is 4. The highest BCUT2D eigenvalue weighted by Crippen LogP contribution is 2.36. The van der Waals surface area contributed by atoms with E-state index in [-0.39, 0.29) is 5.00 Å². The first-order valence-corrected chi connectivity index (χ1v) is 11.9. The average Bonchev–Trinajstić information content (AvgIpc) is 3.54. The maximum absolute atomic E-state index is 10.5. The first kappa shape index (κ1) is 23.7. The van der Waals surface area contributed by atoms with Gasteiger partial charge in [-0.05, 0) is 53.3 Å². The van der Waals surface area contributed by atoms with Crippen LogP contribution in [0.5, 0.6) is 0 Å². The van der Waals surface area contributed by atoms with Crippen molar-refractivity contribution in [2.24, 2.45) is 0 Å². The summed E-state index contributed by atoms with van der Waals surface area (Å²) >= 11 is 2.59. The van der Waals surface area contributed by atoms with E-state index in [4.69, 9.17) is 22.9 Å². The third-order valence-corrected chi connectivity index (χ3v) is 6.91. The van der Waals surface area contributed by atoms with E-state index < -0.39 is 4.92 Å². The van der Waals surface area contributed by atoms with Gasteiger partial charge in [0.2, 0.25) is 0 Å². The fourth-order valence-electron chi connectivity index (χ4n) is 3.13. The van der Waals surface area contributed by atoms with Gasteiger partial charge >= 0.3 is 5.00 Å². The molecular formula is C24H21N7O2S2. The number of rotatable bonds is 4. The largest absolute Gasteiger partial charge is 0.399 e. The van der Waals surface area contributed by atoms with Gasteiger partial charge in [-0.15, -0.1) is 11.3 Å². The van der Waals surface area contributed by atoms with E-state index >= 15 is 0 Å². The number of hydrogen-bond acceptors (Lipinski definition) is 10. The normalized spacial score (nSPS) is 10.4. The first-order chi connectivity index (χ1) is 16.8. The van der Waals surface area contributed by atoms with E-state index in [1.807, 2.05) is 36.5 Å². The molecule has 35 heavy (non-hydrogen) atoms. The summed E-state index contributed by atoms with van der Waals surface area (Å²) in [6.45, 7) is 0. The van der Waals surface area contributed by atoms with Crippen LogP contribution >= 0.6 is 22.7 Å². The van der Waals surface area contributed by atoms with Crippen LogP contribution < -0.4 is 22.9 Å². The third-order valence-electron chi connectivity index (χ3n) is 4.85. The molecule has 0 aliphatic rings. The molecule has 0 saturated carbocycles. The lowest BCUT2D eigenvalue weighted by Crippen LogP contribution is -1.92. The van der Waals surface area contributed by atoms with Crippen molar-refractivity contribution in [3.8, 4) is 31.6 Å². The van der Waals surface area contributed by atoms with Crippen molar-refractivity contribution in [1.82, 2.24) is 9.97 Å². The Balaban J connectivity index is 0.000000168. The van der Waals surface area contributed by atoms with E-state index in [1.165, 1.54) is 6.20 Å². The predicted molar refractivity (Wildman–Crippen MR) is 145 cm³/mol. The molecule has 11 heteroatoms. The fourth-order valence-corrected chi connectivity index (χ4v) is 4.86. The molecule has 5 aromatic rings. The summed E-state index contributed by atoms with van der Waals surface area (Å²) in [7, 11) is 0. The Labute approximate surface area is 208 Å². The smallest absolute Gasteiger partial charge is 0.344 e. The molecule has 0 amide bonds. The summed E-state index contributed by atoms with van der Waals surface area (Å²) < 4.78 is 0. The lowest BCUT2D eigenvalue weighted by atomic mass is 10.1. The Bertz CT molecular complexity index is 1480. The van der Waals surface area contributed by atoms with Gasteiger partial charge < -0.3 is 22.9 Å². The number of nitrogens with zero attached hydrogens (tertiary/aromatic N) is 3. The molecule has 0 radical (unpaired) electrons. The lowest BCUT2D eigenvalue weighted by Gasteiger charge is -2.02. The number of anilines is 4. The topological polar surface area (TPSA) is 173 Å². The van der Waals surface area contributed by atoms with Crippen LogP contribution in [0.2, 0.25) is 0 Å². The number of thiazole rings is 2. The van der Waals surface area contributed by atoms with Crippen molar-refractivity contribution in [2.45, 2.75) is 0 Å². The maximum Gasteiger partial charge on any atom is 0.344 e. The Morgan fingerprint density at radius 3 is 1.80 bits per heavy atom. The SMILES string of the molecule is Nc1ccc(N)c(-c2ncc(-c3ccccc3)s2)c1.Nc1ccc(N)c(-c2ncc([N+](=O)[O-])s2)c1. The highest BCUT2D eigenvalue weighted by atomic mass is 32.1. The Kier molecular flexibility index (Phi) is 6.90. The monoisotopic (exact) mass is 503 g/mol. The van der Waals surface area contributed by atoms with Crippen molar-refractivity contribution in [2.75, 3.05) is 22.9 Å². The third kappa shape index (κ3) is 5.54. The number of hydrogen-bond donors (Lipinski definition) is 4. The summed E-state index contributed by atoms with van der Waals surface area (Å²) in [5, 5.41) is 11.9. The van der Waals surface area contributed by atoms with Gasteiger partial charge in [-0.25, -0.2) is 9.97 Å². The van der Waals surface area contributed by atoms with E-state index in [0.717, 1.165) is 32.3 Å². The Hall–Kier alpha value is -4.48. The van der Waals surface area contributed by atoms with Crippen LogP contribution in [-0.2, 0) is 0 Å². The highest BCUT2D eigenvalue weighted by Gasteiger charge is 2.14. The minimum atomic E-state index is -0.482. The first-order valence-electron chi connectivity index (χ1n) is 10.2. The Morgan fingerprint density at radius 1 is 0.714 bits per heavy atom. The summed E-state index contributed by atoms with van der Waals surface area (Å²) in [5.74, 6) is 0. The maximum atomic E-state index is 10.5. The number of nitro groups is 1. The van der Waals surface area contributed by atoms with Crippen LogP contribution in [0.25, 0.3) is 31.6 Å². The van der Waals surface area contributed by atoms with Gasteiger partial charge in [0.15, 0.2) is 0 Å². The molecule has 0 aliphatic carbocycles. The van der Waals surface area contributed by atoms with Gasteiger partial charge in [-0.2, -0.15) is 0 Å². The second-order valence-corrected chi connectivity index (χ2v) is 9.39. The predicted octanol–water partition coefficient (Wildman–Crippen LogP) is 5.52. The quantitative estimate of drug-likeness (QED) is 0.141. The highest BCUT2D eigenvalue weighted by molar-refractivity contribution is 7.18. The van der Waals surface area contributed by atoms with E-state index in [9.17, 15) is 10.1 Å². The van der Waals surface area contributed by atoms with Crippen LogP contribution in [-0.4, -0.2) is 14.9 Å². The second kappa shape index (κ2) is 10.2. The van der Waals surface area contributed by atoms with Crippen molar-refractivity contribution < 1.29 is 4.92 Å². The molecule has 3 aromatic carbocycles. The van der Waals surface area contributed by atoms with E-state index in [2.05, 4.69) is 22.1 Å². The molecule has 0 atom stereocenters. The zero-order valence-corrected chi connectivity index (χ0v) is 19.9. The number of aromatic nitrogens is 2. The van der Waals surface area contributed by atoms with E-state index in [1.54, 1.807) is 35.6 Å². The number of nitrogens with two attached hydrogens (primary N) is 4. The van der Waals surface area contributed by atoms with Gasteiger partial charge in [0.1, 0.15) is 16.2 Å². The molecule has 0 aliphatic heterocycles. The lowest BCUT2D eigenvalue weighted by molar-refractivity contribution is -0.380. The minimum absolute atomic E-state index is 0.0168. The van der Waals surface area contributed by atoms with Crippen LogP contribution in [0.1, 0.15) is 0 Å². The molecule has 5 rings (SSSR count). The van der Waals surface area contributed by atoms with Crippen LogP contribution in [0.15, 0.2) is 79.1 Å². The zero-order chi connectivity index (χ0) is 24.9. The summed E-state index contributed by atoms with van der Waals surface area (Å²) in [6, 6.07) is 20.6. The summed E-state index contributed by atoms with van der Waals surface area (Å²) in [6.07, 6.45) is 3.08. The second-order valence-electron chi connectivity index (χ2n) is 7.35. The molecule has 9 nitrogen and oxygen atoms in total. The van der Waals surface area contributed by atoms with Crippen molar-refractivity contribution >= 4 is 50.4 Å². The average molecular weight is 504 g/mol. The molecule has 0 bridgehead atoms. The molecule has 176 valence electrons. The van der Waals surface area contributed by atoms with E-state index in [0.29, 0.717) is 33.3 Å². The zero-order valence-electron chi connectivity index (χ0n) is 18.3. The standard InChI is InChI=1S/C15H13N3S.C9H8N4O2S/c16-11-6-7-13(17)12(8-11)15-18-9-14(19-15)10-4-2-1-3-5-10;10-5-1-2-7(11)6(3-5)9-12-4-8(16-9)13(14)15/h1-9H,16-17H2;1-4H,10-11H2. The molecular weight excluding hydrogens is 482 g/mol. The Morgan fingerprint density at radius 2 is 1.26 bits per heavy atom. The van der Waals surface area contributed by atoms with Gasteiger partial charge in [0.05, 0.1) is 9.80 Å². The molecule has 0 fully saturated rings. The summed E-state index contributed by atoms with van der Waals surface area (Å²) in [4.78, 5) is 19.6. The molecule has 0 unspecified atom stereocenters. The van der Waals surface area contributed by atoms with Gasteiger partial charge in [0.25, 0.3) is 0 Å². The van der Waals surface area contributed by atoms with Gasteiger partial charge in [-0.3, -0.25) is 10.1 Å². The molecule has 2 heterocycles. The van der Waals surface area contributed by atoms with Gasteiger partial charge in [0, 0.05) is 40.1 Å². The van der Waals surface area contributed by atoms with Crippen LogP contribution in [0, 0.1) is 10.1 Å². The van der Waals surface area contributed by atoms with Crippen molar-refractivity contribution in [1.29, 1.82) is 0 Å². The summed E-state index contributed by atoms with van der Waals surface area (Å²) in [5.41, 5.74) is 28.3. The van der Waals surface area contributed by atoms with Gasteiger partial charge in [-0.1, -0.05) is 30.3 Å². The number of benzene rings is 3. The fraction of sp³-hybridized carbons (Fsp3) is 0. The van der Waals surface area contributed by atoms with Crippen molar-refractivity contribution in [3.63, 3.8) is 0 Å². The van der Waals surface area contributed by atoms with Crippen molar-refractivity contribution in [3.05, 3.63) is 89.2 Å². The molecule has 2 aromatic heterocycles. The van der Waals surface area contributed by atoms with Crippen LogP contribution in [0.3, 0.4) is 0 Å². The minimum Gasteiger partial charge on any atom is -0.399 e. The molecule has 8 N–H and O–H groups in total.